The van der Waals surface area contributed by atoms with Gasteiger partial charge in [-0.05, 0) is 33.6 Å². The summed E-state index contributed by atoms with van der Waals surface area (Å²) in [6.45, 7) is 5.05. The van der Waals surface area contributed by atoms with Crippen molar-refractivity contribution in [3.05, 3.63) is 0 Å². The van der Waals surface area contributed by atoms with Gasteiger partial charge in [-0.1, -0.05) is 12.8 Å². The summed E-state index contributed by atoms with van der Waals surface area (Å²) < 4.78 is 0. The highest BCUT2D eigenvalue weighted by atomic mass is 16.4. The standard InChI is InChI=1S/C12H22N2O3/c1-11(2,9(15)16)14(4)10(17)13-12(3)7-5-6-8-12/h5-8H2,1-4H3,(H,13,17)(H,15,16). The van der Waals surface area contributed by atoms with Crippen LogP contribution >= 0.6 is 0 Å². The van der Waals surface area contributed by atoms with Crippen LogP contribution in [0, 0.1) is 0 Å². The number of aliphatic carboxylic acids is 1. The molecule has 0 spiro atoms. The van der Waals surface area contributed by atoms with Crippen LogP contribution in [0.2, 0.25) is 0 Å². The average Bonchev–Trinajstić information content (AvgIpc) is 2.63. The fourth-order valence-corrected chi connectivity index (χ4v) is 2.02. The van der Waals surface area contributed by atoms with Gasteiger partial charge in [0.1, 0.15) is 5.54 Å². The number of urea groups is 1. The number of nitrogens with one attached hydrogen (secondary N) is 1. The van der Waals surface area contributed by atoms with Gasteiger partial charge in [-0.25, -0.2) is 9.59 Å². The van der Waals surface area contributed by atoms with Crippen molar-refractivity contribution < 1.29 is 14.7 Å². The lowest BCUT2D eigenvalue weighted by molar-refractivity contribution is -0.146. The number of nitrogens with zero attached hydrogens (tertiary/aromatic N) is 1. The molecule has 0 aromatic heterocycles. The van der Waals surface area contributed by atoms with E-state index < -0.39 is 11.5 Å². The van der Waals surface area contributed by atoms with Gasteiger partial charge in [-0.15, -0.1) is 0 Å². The first-order valence-corrected chi connectivity index (χ1v) is 5.98. The Morgan fingerprint density at radius 1 is 1.29 bits per heavy atom. The minimum Gasteiger partial charge on any atom is -0.480 e. The van der Waals surface area contributed by atoms with E-state index in [2.05, 4.69) is 5.32 Å². The quantitative estimate of drug-likeness (QED) is 0.793. The van der Waals surface area contributed by atoms with Crippen molar-refractivity contribution in [1.82, 2.24) is 10.2 Å². The molecule has 2 amide bonds. The molecule has 0 atom stereocenters. The topological polar surface area (TPSA) is 69.6 Å². The predicted octanol–water partition coefficient (Wildman–Crippen LogP) is 1.82. The zero-order valence-electron chi connectivity index (χ0n) is 11.0. The Kier molecular flexibility index (Phi) is 3.69. The van der Waals surface area contributed by atoms with E-state index in [4.69, 9.17) is 5.11 Å². The van der Waals surface area contributed by atoms with Gasteiger partial charge in [0.15, 0.2) is 0 Å². The first-order valence-electron chi connectivity index (χ1n) is 5.98. The molecule has 1 fully saturated rings. The number of hydrogen-bond donors (Lipinski definition) is 2. The van der Waals surface area contributed by atoms with Crippen LogP contribution in [0.3, 0.4) is 0 Å². The van der Waals surface area contributed by atoms with E-state index >= 15 is 0 Å². The van der Waals surface area contributed by atoms with Crippen LogP contribution in [0.25, 0.3) is 0 Å². The van der Waals surface area contributed by atoms with Crippen molar-refractivity contribution in [2.75, 3.05) is 7.05 Å². The predicted molar refractivity (Wildman–Crippen MR) is 64.9 cm³/mol. The Labute approximate surface area is 102 Å². The molecule has 98 valence electrons. The molecule has 0 radical (unpaired) electrons. The van der Waals surface area contributed by atoms with E-state index in [1.54, 1.807) is 0 Å². The Morgan fingerprint density at radius 3 is 2.18 bits per heavy atom. The maximum Gasteiger partial charge on any atom is 0.329 e. The van der Waals surface area contributed by atoms with Crippen molar-refractivity contribution in [1.29, 1.82) is 0 Å². The molecule has 5 heteroatoms. The van der Waals surface area contributed by atoms with E-state index in [0.717, 1.165) is 25.7 Å². The van der Waals surface area contributed by atoms with Crippen LogP contribution < -0.4 is 5.32 Å². The van der Waals surface area contributed by atoms with Gasteiger partial charge < -0.3 is 15.3 Å². The molecular formula is C12H22N2O3. The largest absolute Gasteiger partial charge is 0.480 e. The Bertz CT molecular complexity index is 320. The lowest BCUT2D eigenvalue weighted by atomic mass is 10.0. The number of carboxylic acids is 1. The molecule has 1 saturated carbocycles. The minimum atomic E-state index is -1.20. The van der Waals surface area contributed by atoms with Crippen molar-refractivity contribution >= 4 is 12.0 Å². The van der Waals surface area contributed by atoms with Gasteiger partial charge in [0.05, 0.1) is 0 Å². The Morgan fingerprint density at radius 2 is 1.76 bits per heavy atom. The molecule has 1 rings (SSSR count). The molecule has 5 nitrogen and oxygen atoms in total. The smallest absolute Gasteiger partial charge is 0.329 e. The molecule has 0 unspecified atom stereocenters. The van der Waals surface area contributed by atoms with Crippen LogP contribution in [0.1, 0.15) is 46.5 Å². The summed E-state index contributed by atoms with van der Waals surface area (Å²) in [6, 6.07) is -0.318. The van der Waals surface area contributed by atoms with Gasteiger partial charge >= 0.3 is 12.0 Å². The lowest BCUT2D eigenvalue weighted by Gasteiger charge is -2.35. The first kappa shape index (κ1) is 13.8. The van der Waals surface area contributed by atoms with Gasteiger partial charge in [0.2, 0.25) is 0 Å². The number of carbonyl (C=O) groups excluding carboxylic acids is 1. The molecule has 0 aromatic carbocycles. The van der Waals surface area contributed by atoms with Crippen LogP contribution in [0.4, 0.5) is 4.79 Å². The summed E-state index contributed by atoms with van der Waals surface area (Å²) in [5, 5.41) is 12.0. The van der Waals surface area contributed by atoms with Crippen molar-refractivity contribution in [3.63, 3.8) is 0 Å². The van der Waals surface area contributed by atoms with E-state index in [0.29, 0.717) is 0 Å². The van der Waals surface area contributed by atoms with Crippen LogP contribution in [0.5, 0.6) is 0 Å². The van der Waals surface area contributed by atoms with Crippen LogP contribution in [-0.2, 0) is 4.79 Å². The normalized spacial score (nSPS) is 18.8. The van der Waals surface area contributed by atoms with E-state index in [1.807, 2.05) is 6.92 Å². The molecule has 1 aliphatic rings. The highest BCUT2D eigenvalue weighted by molar-refractivity contribution is 5.85. The number of hydrogen-bond acceptors (Lipinski definition) is 2. The number of carboxylic acid groups (broad SMARTS) is 1. The van der Waals surface area contributed by atoms with Crippen LogP contribution in [0.15, 0.2) is 0 Å². The second-order valence-electron chi connectivity index (χ2n) is 5.62. The number of likely N-dealkylation sites (N-methyl/N-ethyl adjacent to an activating group) is 1. The first-order chi connectivity index (χ1) is 7.69. The SMILES string of the molecule is CN(C(=O)NC1(C)CCCC1)C(C)(C)C(=O)O. The highest BCUT2D eigenvalue weighted by Crippen LogP contribution is 2.29. The molecule has 0 heterocycles. The van der Waals surface area contributed by atoms with Crippen molar-refractivity contribution in [3.8, 4) is 0 Å². The summed E-state index contributed by atoms with van der Waals surface area (Å²) in [7, 11) is 1.52. The van der Waals surface area contributed by atoms with E-state index in [-0.39, 0.29) is 11.6 Å². The second kappa shape index (κ2) is 4.55. The summed E-state index contributed by atoms with van der Waals surface area (Å²) in [5.41, 5.74) is -1.38. The Balaban J connectivity index is 2.67. The molecule has 0 saturated heterocycles. The third-order valence-corrected chi connectivity index (χ3v) is 3.78. The second-order valence-corrected chi connectivity index (χ2v) is 5.62. The number of rotatable bonds is 3. The zero-order valence-corrected chi connectivity index (χ0v) is 11.0. The number of amides is 2. The fourth-order valence-electron chi connectivity index (χ4n) is 2.02. The molecule has 0 aliphatic heterocycles. The maximum absolute atomic E-state index is 12.0. The highest BCUT2D eigenvalue weighted by Gasteiger charge is 2.38. The summed E-state index contributed by atoms with van der Waals surface area (Å²) in [6.07, 6.45) is 4.14. The van der Waals surface area contributed by atoms with Gasteiger partial charge in [0.25, 0.3) is 0 Å². The average molecular weight is 242 g/mol. The molecule has 0 bridgehead atoms. The summed E-state index contributed by atoms with van der Waals surface area (Å²) >= 11 is 0. The van der Waals surface area contributed by atoms with Gasteiger partial charge in [0, 0.05) is 12.6 Å². The van der Waals surface area contributed by atoms with Crippen molar-refractivity contribution in [2.45, 2.75) is 57.5 Å². The minimum absolute atomic E-state index is 0.181. The Hall–Kier alpha value is -1.26. The van der Waals surface area contributed by atoms with E-state index in [9.17, 15) is 9.59 Å². The molecule has 1 aliphatic carbocycles. The van der Waals surface area contributed by atoms with Gasteiger partial charge in [-0.3, -0.25) is 0 Å². The van der Waals surface area contributed by atoms with Crippen LogP contribution in [-0.4, -0.2) is 40.1 Å². The maximum atomic E-state index is 12.0. The molecule has 2 N–H and O–H groups in total. The third-order valence-electron chi connectivity index (χ3n) is 3.78. The number of carbonyl (C=O) groups is 2. The molecular weight excluding hydrogens is 220 g/mol. The monoisotopic (exact) mass is 242 g/mol. The van der Waals surface area contributed by atoms with Gasteiger partial charge in [-0.2, -0.15) is 0 Å². The summed E-state index contributed by atoms with van der Waals surface area (Å²) in [4.78, 5) is 24.3. The fraction of sp³-hybridized carbons (Fsp3) is 0.833. The zero-order chi connectivity index (χ0) is 13.3. The van der Waals surface area contributed by atoms with E-state index in [1.165, 1.54) is 25.8 Å². The summed E-state index contributed by atoms with van der Waals surface area (Å²) in [5.74, 6) is -1.01. The van der Waals surface area contributed by atoms with Crippen molar-refractivity contribution in [2.24, 2.45) is 0 Å². The molecule has 17 heavy (non-hydrogen) atoms. The third kappa shape index (κ3) is 2.90. The molecule has 0 aromatic rings. The lowest BCUT2D eigenvalue weighted by Crippen LogP contribution is -2.57.